The van der Waals surface area contributed by atoms with E-state index in [0.29, 0.717) is 23.7 Å². The van der Waals surface area contributed by atoms with Crippen LogP contribution in [0.2, 0.25) is 0 Å². The fourth-order valence-electron chi connectivity index (χ4n) is 2.35. The third-order valence-electron chi connectivity index (χ3n) is 3.51. The lowest BCUT2D eigenvalue weighted by Gasteiger charge is -2.25. The highest BCUT2D eigenvalue weighted by Crippen LogP contribution is 2.34. The van der Waals surface area contributed by atoms with E-state index in [2.05, 4.69) is 0 Å². The van der Waals surface area contributed by atoms with Crippen LogP contribution in [0.25, 0.3) is 0 Å². The van der Waals surface area contributed by atoms with Gasteiger partial charge in [-0.2, -0.15) is 4.73 Å². The van der Waals surface area contributed by atoms with Gasteiger partial charge in [0.25, 0.3) is 5.69 Å². The highest BCUT2D eigenvalue weighted by molar-refractivity contribution is 5.29. The lowest BCUT2D eigenvalue weighted by atomic mass is 10.2. The van der Waals surface area contributed by atoms with Crippen molar-refractivity contribution >= 4 is 0 Å². The standard InChI is InChI=1S/C15H13NO4/c17-16-11(14-9-18-14)6-7-13-12(16)8-19-15(20-13)10-4-2-1-3-5-10/h1-7,14-15H,8-9H2. The van der Waals surface area contributed by atoms with Crippen LogP contribution in [-0.4, -0.2) is 6.61 Å². The van der Waals surface area contributed by atoms with Crippen molar-refractivity contribution in [2.24, 2.45) is 0 Å². The van der Waals surface area contributed by atoms with Crippen molar-refractivity contribution in [2.75, 3.05) is 6.61 Å². The fraction of sp³-hybridized carbons (Fsp3) is 0.267. The van der Waals surface area contributed by atoms with E-state index in [1.165, 1.54) is 0 Å². The number of fused-ring (bicyclic) bond motifs is 1. The van der Waals surface area contributed by atoms with E-state index in [1.807, 2.05) is 36.4 Å². The number of ether oxygens (including phenoxy) is 3. The molecule has 0 spiro atoms. The number of benzene rings is 1. The van der Waals surface area contributed by atoms with E-state index in [9.17, 15) is 5.21 Å². The summed E-state index contributed by atoms with van der Waals surface area (Å²) >= 11 is 0. The topological polar surface area (TPSA) is 57.9 Å². The average Bonchev–Trinajstić information content (AvgIpc) is 3.33. The van der Waals surface area contributed by atoms with Gasteiger partial charge in [-0.15, -0.1) is 0 Å². The predicted molar refractivity (Wildman–Crippen MR) is 68.7 cm³/mol. The minimum Gasteiger partial charge on any atom is -0.618 e. The van der Waals surface area contributed by atoms with Crippen LogP contribution >= 0.6 is 0 Å². The van der Waals surface area contributed by atoms with E-state index in [4.69, 9.17) is 14.2 Å². The number of epoxide rings is 1. The van der Waals surface area contributed by atoms with Crippen LogP contribution in [0.1, 0.15) is 29.3 Å². The molecule has 2 unspecified atom stereocenters. The Morgan fingerprint density at radius 2 is 1.85 bits per heavy atom. The number of hydrogen-bond acceptors (Lipinski definition) is 4. The summed E-state index contributed by atoms with van der Waals surface area (Å²) in [5, 5.41) is 12.2. The summed E-state index contributed by atoms with van der Waals surface area (Å²) in [6.45, 7) is 0.842. The fourth-order valence-corrected chi connectivity index (χ4v) is 2.35. The zero-order valence-electron chi connectivity index (χ0n) is 10.7. The maximum atomic E-state index is 12.2. The van der Waals surface area contributed by atoms with Crippen LogP contribution in [-0.2, 0) is 16.1 Å². The van der Waals surface area contributed by atoms with Gasteiger partial charge in [0.05, 0.1) is 6.61 Å². The van der Waals surface area contributed by atoms with Crippen LogP contribution in [0.5, 0.6) is 5.75 Å². The number of rotatable bonds is 2. The Labute approximate surface area is 115 Å². The Balaban J connectivity index is 1.65. The molecule has 0 radical (unpaired) electrons. The van der Waals surface area contributed by atoms with Crippen molar-refractivity contribution in [3.8, 4) is 5.75 Å². The Bertz CT molecular complexity index is 640. The lowest BCUT2D eigenvalue weighted by Crippen LogP contribution is -2.39. The van der Waals surface area contributed by atoms with Gasteiger partial charge in [0, 0.05) is 11.6 Å². The molecule has 1 fully saturated rings. The van der Waals surface area contributed by atoms with Crippen LogP contribution in [0.4, 0.5) is 0 Å². The van der Waals surface area contributed by atoms with Gasteiger partial charge in [-0.1, -0.05) is 30.3 Å². The number of hydrogen-bond donors (Lipinski definition) is 0. The van der Waals surface area contributed by atoms with Gasteiger partial charge in [-0.25, -0.2) is 0 Å². The third-order valence-corrected chi connectivity index (χ3v) is 3.51. The number of nitrogens with zero attached hydrogens (tertiary/aromatic N) is 1. The Kier molecular flexibility index (Phi) is 2.61. The first-order valence-electron chi connectivity index (χ1n) is 6.53. The second kappa shape index (κ2) is 4.47. The molecule has 20 heavy (non-hydrogen) atoms. The summed E-state index contributed by atoms with van der Waals surface area (Å²) < 4.78 is 17.4. The Morgan fingerprint density at radius 3 is 2.60 bits per heavy atom. The van der Waals surface area contributed by atoms with Crippen LogP contribution < -0.4 is 9.47 Å². The minimum atomic E-state index is -0.466. The molecule has 3 heterocycles. The summed E-state index contributed by atoms with van der Waals surface area (Å²) in [6, 6.07) is 13.3. The molecule has 0 saturated carbocycles. The van der Waals surface area contributed by atoms with Gasteiger partial charge in [-0.05, 0) is 6.07 Å². The largest absolute Gasteiger partial charge is 0.618 e. The lowest BCUT2D eigenvalue weighted by molar-refractivity contribution is -0.628. The molecule has 1 saturated heterocycles. The molecule has 0 bridgehead atoms. The maximum Gasteiger partial charge on any atom is 0.261 e. The first-order valence-corrected chi connectivity index (χ1v) is 6.53. The molecule has 1 aromatic carbocycles. The zero-order valence-corrected chi connectivity index (χ0v) is 10.7. The highest BCUT2D eigenvalue weighted by Gasteiger charge is 2.36. The SMILES string of the molecule is [O-][n+]1c(C2CO2)ccc2c1COC(c1ccccc1)O2. The summed E-state index contributed by atoms with van der Waals surface area (Å²) in [7, 11) is 0. The smallest absolute Gasteiger partial charge is 0.261 e. The molecule has 0 N–H and O–H groups in total. The zero-order chi connectivity index (χ0) is 13.5. The van der Waals surface area contributed by atoms with Gasteiger partial charge < -0.3 is 19.4 Å². The molecule has 1 aromatic heterocycles. The molecule has 0 aliphatic carbocycles. The second-order valence-electron chi connectivity index (χ2n) is 4.86. The van der Waals surface area contributed by atoms with E-state index < -0.39 is 6.29 Å². The molecule has 102 valence electrons. The number of aromatic nitrogens is 1. The first kappa shape index (κ1) is 11.7. The predicted octanol–water partition coefficient (Wildman–Crippen LogP) is 2.00. The quantitative estimate of drug-likeness (QED) is 0.476. The summed E-state index contributed by atoms with van der Waals surface area (Å²) in [4.78, 5) is 0. The van der Waals surface area contributed by atoms with Crippen molar-refractivity contribution in [3.63, 3.8) is 0 Å². The van der Waals surface area contributed by atoms with Gasteiger partial charge in [0.2, 0.25) is 12.0 Å². The molecule has 4 rings (SSSR count). The third kappa shape index (κ3) is 1.92. The molecule has 5 nitrogen and oxygen atoms in total. The molecule has 2 aliphatic rings. The van der Waals surface area contributed by atoms with Gasteiger partial charge in [0.1, 0.15) is 6.61 Å². The van der Waals surface area contributed by atoms with Crippen molar-refractivity contribution in [1.29, 1.82) is 0 Å². The Hall–Kier alpha value is -2.11. The summed E-state index contributed by atoms with van der Waals surface area (Å²) in [5.41, 5.74) is 2.06. The molecule has 2 aliphatic heterocycles. The monoisotopic (exact) mass is 271 g/mol. The van der Waals surface area contributed by atoms with E-state index >= 15 is 0 Å². The summed E-state index contributed by atoms with van der Waals surface area (Å²) in [6.07, 6.45) is -0.545. The maximum absolute atomic E-state index is 12.2. The van der Waals surface area contributed by atoms with Crippen molar-refractivity contribution in [3.05, 3.63) is 64.6 Å². The van der Waals surface area contributed by atoms with E-state index in [0.717, 1.165) is 10.3 Å². The highest BCUT2D eigenvalue weighted by atomic mass is 16.7. The van der Waals surface area contributed by atoms with Crippen molar-refractivity contribution < 1.29 is 18.9 Å². The number of pyridine rings is 1. The van der Waals surface area contributed by atoms with Crippen LogP contribution in [0.15, 0.2) is 42.5 Å². The van der Waals surface area contributed by atoms with E-state index in [-0.39, 0.29) is 12.7 Å². The molecule has 2 aromatic rings. The summed E-state index contributed by atoms with van der Waals surface area (Å²) in [5.74, 6) is 0.574. The van der Waals surface area contributed by atoms with E-state index in [1.54, 1.807) is 6.07 Å². The van der Waals surface area contributed by atoms with Crippen molar-refractivity contribution in [1.82, 2.24) is 0 Å². The normalized spacial score (nSPS) is 23.8. The first-order chi connectivity index (χ1) is 9.83. The van der Waals surface area contributed by atoms with Crippen molar-refractivity contribution in [2.45, 2.75) is 19.0 Å². The molecular weight excluding hydrogens is 258 g/mol. The molecule has 5 heteroatoms. The molecule has 0 amide bonds. The van der Waals surface area contributed by atoms with Crippen LogP contribution in [0.3, 0.4) is 0 Å². The van der Waals surface area contributed by atoms with Gasteiger partial charge >= 0.3 is 0 Å². The molecular formula is C15H13NO4. The van der Waals surface area contributed by atoms with Gasteiger partial charge in [-0.3, -0.25) is 0 Å². The Morgan fingerprint density at radius 1 is 1.05 bits per heavy atom. The minimum absolute atomic E-state index is 0.0790. The van der Waals surface area contributed by atoms with Gasteiger partial charge in [0.15, 0.2) is 11.9 Å². The van der Waals surface area contributed by atoms with Crippen LogP contribution in [0, 0.1) is 5.21 Å². The second-order valence-corrected chi connectivity index (χ2v) is 4.86. The molecule has 2 atom stereocenters. The average molecular weight is 271 g/mol.